The van der Waals surface area contributed by atoms with Crippen molar-refractivity contribution >= 4 is 29.1 Å². The van der Waals surface area contributed by atoms with Gasteiger partial charge in [0.1, 0.15) is 5.82 Å². The number of amides is 1. The highest BCUT2D eigenvalue weighted by atomic mass is 35.5. The second kappa shape index (κ2) is 7.97. The Kier molecular flexibility index (Phi) is 5.48. The molecule has 0 saturated heterocycles. The van der Waals surface area contributed by atoms with E-state index in [0.29, 0.717) is 28.4 Å². The van der Waals surface area contributed by atoms with Gasteiger partial charge in [-0.25, -0.2) is 4.98 Å². The molecule has 0 spiro atoms. The van der Waals surface area contributed by atoms with Crippen LogP contribution in [-0.2, 0) is 9.59 Å². The Morgan fingerprint density at radius 2 is 1.84 bits per heavy atom. The second-order valence-electron chi connectivity index (χ2n) is 9.10. The Hall–Kier alpha value is -2.92. The molecule has 1 unspecified atom stereocenters. The van der Waals surface area contributed by atoms with Crippen molar-refractivity contribution in [2.75, 3.05) is 5.32 Å². The number of allylic oxidation sites excluding steroid dienone is 3. The molecular weight excluding hydrogens is 410 g/mol. The molecule has 2 heterocycles. The Labute approximate surface area is 187 Å². The second-order valence-corrected chi connectivity index (χ2v) is 9.54. The minimum atomic E-state index is -0.457. The van der Waals surface area contributed by atoms with Gasteiger partial charge in [-0.3, -0.25) is 9.59 Å². The lowest BCUT2D eigenvalue weighted by Crippen LogP contribution is -2.39. The van der Waals surface area contributed by atoms with Crippen LogP contribution < -0.4 is 10.6 Å². The maximum absolute atomic E-state index is 13.4. The van der Waals surface area contributed by atoms with E-state index in [2.05, 4.69) is 29.5 Å². The molecule has 1 atom stereocenters. The zero-order chi connectivity index (χ0) is 22.3. The van der Waals surface area contributed by atoms with Gasteiger partial charge in [-0.15, -0.1) is 0 Å². The van der Waals surface area contributed by atoms with Crippen LogP contribution in [0.1, 0.15) is 50.8 Å². The topological polar surface area (TPSA) is 71.1 Å². The number of pyridine rings is 1. The van der Waals surface area contributed by atoms with Crippen molar-refractivity contribution in [3.63, 3.8) is 0 Å². The third-order valence-corrected chi connectivity index (χ3v) is 6.07. The van der Waals surface area contributed by atoms with Crippen LogP contribution in [0.4, 0.5) is 5.82 Å². The molecule has 1 aromatic carbocycles. The molecule has 0 bridgehead atoms. The first-order chi connectivity index (χ1) is 14.6. The van der Waals surface area contributed by atoms with Crippen LogP contribution in [0.25, 0.3) is 0 Å². The van der Waals surface area contributed by atoms with Gasteiger partial charge in [0.15, 0.2) is 5.78 Å². The predicted octanol–water partition coefficient (Wildman–Crippen LogP) is 5.29. The van der Waals surface area contributed by atoms with E-state index in [1.165, 1.54) is 0 Å². The summed E-state index contributed by atoms with van der Waals surface area (Å²) < 4.78 is 0. The van der Waals surface area contributed by atoms with Crippen molar-refractivity contribution in [1.29, 1.82) is 0 Å². The van der Waals surface area contributed by atoms with E-state index in [9.17, 15) is 9.59 Å². The fourth-order valence-electron chi connectivity index (χ4n) is 4.52. The molecule has 0 radical (unpaired) electrons. The Morgan fingerprint density at radius 1 is 1.13 bits per heavy atom. The highest BCUT2D eigenvalue weighted by Gasteiger charge is 2.42. The lowest BCUT2D eigenvalue weighted by Gasteiger charge is -2.39. The number of nitrogens with zero attached hydrogens (tertiary/aromatic N) is 1. The molecule has 1 aromatic heterocycles. The summed E-state index contributed by atoms with van der Waals surface area (Å²) in [4.78, 5) is 31.1. The van der Waals surface area contributed by atoms with Crippen molar-refractivity contribution in [2.45, 2.75) is 46.5 Å². The number of carbonyl (C=O) groups excluding carboxylic acids is 2. The summed E-state index contributed by atoms with van der Waals surface area (Å²) in [5, 5.41) is 6.90. The zero-order valence-electron chi connectivity index (χ0n) is 18.2. The molecule has 1 aliphatic carbocycles. The molecule has 2 aliphatic rings. The molecule has 2 N–H and O–H groups in total. The molecule has 0 fully saturated rings. The predicted molar refractivity (Wildman–Crippen MR) is 123 cm³/mol. The van der Waals surface area contributed by atoms with E-state index in [0.717, 1.165) is 29.1 Å². The lowest BCUT2D eigenvalue weighted by molar-refractivity contribution is -0.118. The van der Waals surface area contributed by atoms with Crippen molar-refractivity contribution in [3.05, 3.63) is 81.3 Å². The van der Waals surface area contributed by atoms with Crippen LogP contribution in [0.3, 0.4) is 0 Å². The van der Waals surface area contributed by atoms with Crippen LogP contribution in [0.5, 0.6) is 0 Å². The van der Waals surface area contributed by atoms with Gasteiger partial charge in [0, 0.05) is 45.6 Å². The molecular formula is C25H26ClN3O2. The third-order valence-electron chi connectivity index (χ3n) is 5.82. The first kappa shape index (κ1) is 21.3. The Bertz CT molecular complexity index is 1130. The number of nitrogens with one attached hydrogen (secondary N) is 2. The number of anilines is 1. The van der Waals surface area contributed by atoms with E-state index in [4.69, 9.17) is 11.6 Å². The van der Waals surface area contributed by atoms with Gasteiger partial charge in [0.2, 0.25) is 0 Å². The normalized spacial score (nSPS) is 20.3. The van der Waals surface area contributed by atoms with Crippen molar-refractivity contribution in [1.82, 2.24) is 10.3 Å². The zero-order valence-corrected chi connectivity index (χ0v) is 18.9. The lowest BCUT2D eigenvalue weighted by atomic mass is 9.68. The Morgan fingerprint density at radius 3 is 2.52 bits per heavy atom. The fourth-order valence-corrected chi connectivity index (χ4v) is 4.65. The number of dihydropyridines is 1. The smallest absolute Gasteiger partial charge is 0.255 e. The van der Waals surface area contributed by atoms with Crippen LogP contribution >= 0.6 is 11.6 Å². The summed E-state index contributed by atoms with van der Waals surface area (Å²) in [6, 6.07) is 12.9. The van der Waals surface area contributed by atoms with Gasteiger partial charge < -0.3 is 10.6 Å². The molecule has 2 aromatic rings. The first-order valence-electron chi connectivity index (χ1n) is 10.4. The standard InChI is InChI=1S/C25H26ClN3O2/c1-14-6-5-7-20(27-14)29-24(31)21-15(2)28-18-12-25(3,4)13-19(30)23(18)22(21)16-8-10-17(26)11-9-16/h5-11,22,28H,12-13H2,1-4H3,(H,27,29,31). The van der Waals surface area contributed by atoms with E-state index in [-0.39, 0.29) is 17.1 Å². The van der Waals surface area contributed by atoms with Gasteiger partial charge in [-0.1, -0.05) is 43.6 Å². The van der Waals surface area contributed by atoms with Crippen molar-refractivity contribution < 1.29 is 9.59 Å². The maximum Gasteiger partial charge on any atom is 0.255 e. The highest BCUT2D eigenvalue weighted by molar-refractivity contribution is 6.30. The molecule has 5 nitrogen and oxygen atoms in total. The van der Waals surface area contributed by atoms with Gasteiger partial charge in [0.05, 0.1) is 0 Å². The highest BCUT2D eigenvalue weighted by Crippen LogP contribution is 2.46. The number of benzene rings is 1. The number of hydrogen-bond donors (Lipinski definition) is 2. The van der Waals surface area contributed by atoms with Crippen LogP contribution in [0.2, 0.25) is 5.02 Å². The first-order valence-corrected chi connectivity index (χ1v) is 10.8. The number of ketones is 1. The van der Waals surface area contributed by atoms with Crippen molar-refractivity contribution in [3.8, 4) is 0 Å². The quantitative estimate of drug-likeness (QED) is 0.687. The molecule has 4 rings (SSSR count). The number of rotatable bonds is 3. The minimum absolute atomic E-state index is 0.0742. The van der Waals surface area contributed by atoms with E-state index in [1.807, 2.05) is 38.1 Å². The largest absolute Gasteiger partial charge is 0.362 e. The molecule has 6 heteroatoms. The average molecular weight is 436 g/mol. The summed E-state index contributed by atoms with van der Waals surface area (Å²) in [5.41, 5.74) is 4.41. The summed E-state index contributed by atoms with van der Waals surface area (Å²) in [5.74, 6) is -0.171. The summed E-state index contributed by atoms with van der Waals surface area (Å²) in [6.07, 6.45) is 1.20. The number of aryl methyl sites for hydroxylation is 1. The minimum Gasteiger partial charge on any atom is -0.362 e. The summed E-state index contributed by atoms with van der Waals surface area (Å²) >= 11 is 6.11. The number of hydrogen-bond acceptors (Lipinski definition) is 4. The van der Waals surface area contributed by atoms with Gasteiger partial charge in [-0.05, 0) is 55.5 Å². The average Bonchev–Trinajstić information content (AvgIpc) is 2.66. The van der Waals surface area contributed by atoms with Gasteiger partial charge >= 0.3 is 0 Å². The van der Waals surface area contributed by atoms with Crippen LogP contribution in [-0.4, -0.2) is 16.7 Å². The third kappa shape index (κ3) is 4.28. The van der Waals surface area contributed by atoms with E-state index in [1.54, 1.807) is 18.2 Å². The van der Waals surface area contributed by atoms with Crippen LogP contribution in [0, 0.1) is 12.3 Å². The summed E-state index contributed by atoms with van der Waals surface area (Å²) in [7, 11) is 0. The number of halogens is 1. The maximum atomic E-state index is 13.4. The molecule has 1 amide bonds. The number of aromatic nitrogens is 1. The van der Waals surface area contributed by atoms with E-state index >= 15 is 0 Å². The monoisotopic (exact) mass is 435 g/mol. The number of Topliss-reactive ketones (excluding diaryl/α,β-unsaturated/α-hetero) is 1. The molecule has 160 valence electrons. The summed E-state index contributed by atoms with van der Waals surface area (Å²) in [6.45, 7) is 7.95. The van der Waals surface area contributed by atoms with Gasteiger partial charge in [-0.2, -0.15) is 0 Å². The Balaban J connectivity index is 1.80. The van der Waals surface area contributed by atoms with Crippen molar-refractivity contribution in [2.24, 2.45) is 5.41 Å². The van der Waals surface area contributed by atoms with Gasteiger partial charge in [0.25, 0.3) is 5.91 Å². The van der Waals surface area contributed by atoms with E-state index < -0.39 is 5.92 Å². The fraction of sp³-hybridized carbons (Fsp3) is 0.320. The SMILES string of the molecule is CC1=C(C(=O)Nc2cccc(C)n2)C(c2ccc(Cl)cc2)C2=C(CC(C)(C)CC2=O)N1. The molecule has 31 heavy (non-hydrogen) atoms. The molecule has 0 saturated carbocycles. The molecule has 1 aliphatic heterocycles. The number of carbonyl (C=O) groups is 2. The van der Waals surface area contributed by atoms with Crippen LogP contribution in [0.15, 0.2) is 65.0 Å².